The van der Waals surface area contributed by atoms with E-state index in [9.17, 15) is 18.0 Å². The molecular formula is C25H31N3O5S. The van der Waals surface area contributed by atoms with Gasteiger partial charge in [-0.05, 0) is 55.4 Å². The van der Waals surface area contributed by atoms with Crippen molar-refractivity contribution in [3.63, 3.8) is 0 Å². The van der Waals surface area contributed by atoms with Crippen LogP contribution in [0.3, 0.4) is 0 Å². The summed E-state index contributed by atoms with van der Waals surface area (Å²) in [6.07, 6.45) is 2.41. The number of piperidine rings is 1. The van der Waals surface area contributed by atoms with E-state index < -0.39 is 15.8 Å². The number of nitrogens with zero attached hydrogens (tertiary/aromatic N) is 2. The highest BCUT2D eigenvalue weighted by atomic mass is 32.2. The van der Waals surface area contributed by atoms with Gasteiger partial charge < -0.3 is 9.73 Å². The fourth-order valence-corrected chi connectivity index (χ4v) is 5.97. The van der Waals surface area contributed by atoms with Gasteiger partial charge in [-0.15, -0.1) is 0 Å². The molecule has 0 bridgehead atoms. The van der Waals surface area contributed by atoms with Crippen LogP contribution in [0.25, 0.3) is 11.1 Å². The van der Waals surface area contributed by atoms with Gasteiger partial charge in [-0.1, -0.05) is 31.2 Å². The number of rotatable bonds is 8. The number of aromatic nitrogens is 1. The lowest BCUT2D eigenvalue weighted by molar-refractivity contribution is -0.122. The summed E-state index contributed by atoms with van der Waals surface area (Å²) in [6.45, 7) is 5.71. The topological polar surface area (TPSA) is 102 Å². The van der Waals surface area contributed by atoms with Crippen molar-refractivity contribution >= 4 is 27.0 Å². The van der Waals surface area contributed by atoms with Crippen molar-refractivity contribution in [2.24, 2.45) is 5.92 Å². The summed E-state index contributed by atoms with van der Waals surface area (Å²) >= 11 is 0. The molecule has 2 aromatic carbocycles. The highest BCUT2D eigenvalue weighted by Crippen LogP contribution is 2.27. The molecule has 34 heavy (non-hydrogen) atoms. The van der Waals surface area contributed by atoms with Crippen LogP contribution in [-0.2, 0) is 27.9 Å². The smallest absolute Gasteiger partial charge is 0.408 e. The highest BCUT2D eigenvalue weighted by Gasteiger charge is 2.30. The van der Waals surface area contributed by atoms with E-state index in [1.165, 1.54) is 21.0 Å². The van der Waals surface area contributed by atoms with E-state index in [0.29, 0.717) is 51.0 Å². The van der Waals surface area contributed by atoms with Crippen LogP contribution < -0.4 is 11.1 Å². The lowest BCUT2D eigenvalue weighted by Crippen LogP contribution is -2.39. The summed E-state index contributed by atoms with van der Waals surface area (Å²) in [5.41, 5.74) is 3.11. The largest absolute Gasteiger partial charge is 0.419 e. The van der Waals surface area contributed by atoms with E-state index >= 15 is 0 Å². The molecule has 3 aromatic rings. The van der Waals surface area contributed by atoms with Crippen molar-refractivity contribution in [3.8, 4) is 0 Å². The maximum Gasteiger partial charge on any atom is 0.419 e. The highest BCUT2D eigenvalue weighted by molar-refractivity contribution is 7.89. The second-order valence-corrected chi connectivity index (χ2v) is 10.8. The molecule has 4 rings (SSSR count). The molecule has 2 heterocycles. The number of fused-ring (bicyclic) bond motifs is 1. The van der Waals surface area contributed by atoms with Crippen molar-refractivity contribution in [1.82, 2.24) is 14.2 Å². The van der Waals surface area contributed by atoms with Crippen LogP contribution in [0.15, 0.2) is 56.6 Å². The van der Waals surface area contributed by atoms with Gasteiger partial charge in [0.05, 0.1) is 10.4 Å². The van der Waals surface area contributed by atoms with Crippen LogP contribution in [0.5, 0.6) is 0 Å². The lowest BCUT2D eigenvalue weighted by atomic mass is 9.94. The standard InChI is InChI=1S/C25H31N3O5S/c1-3-12-28-22-9-8-21(16-23(22)33-25(28)30)34(31,32)27-13-10-19(11-14-27)15-24(29)26-17-20-7-5-4-6-18(20)2/h4-9,16,19H,3,10-15,17H2,1-2H3,(H,26,29). The number of hydrogen-bond acceptors (Lipinski definition) is 5. The molecule has 0 atom stereocenters. The monoisotopic (exact) mass is 485 g/mol. The van der Waals surface area contributed by atoms with Crippen LogP contribution in [-0.4, -0.2) is 36.3 Å². The van der Waals surface area contributed by atoms with Gasteiger partial charge in [0.25, 0.3) is 0 Å². The van der Waals surface area contributed by atoms with E-state index in [-0.39, 0.29) is 22.3 Å². The van der Waals surface area contributed by atoms with Crippen molar-refractivity contribution in [2.45, 2.75) is 57.5 Å². The predicted molar refractivity (Wildman–Crippen MR) is 130 cm³/mol. The zero-order valence-corrected chi connectivity index (χ0v) is 20.4. The number of hydrogen-bond donors (Lipinski definition) is 1. The fraction of sp³-hybridized carbons (Fsp3) is 0.440. The summed E-state index contributed by atoms with van der Waals surface area (Å²) < 4.78 is 34.6. The molecule has 1 saturated heterocycles. The Hall–Kier alpha value is -2.91. The van der Waals surface area contributed by atoms with Gasteiger partial charge in [0.2, 0.25) is 15.9 Å². The first-order valence-electron chi connectivity index (χ1n) is 11.7. The molecule has 1 N–H and O–H groups in total. The summed E-state index contributed by atoms with van der Waals surface area (Å²) in [7, 11) is -3.71. The van der Waals surface area contributed by atoms with Crippen LogP contribution in [0, 0.1) is 12.8 Å². The predicted octanol–water partition coefficient (Wildman–Crippen LogP) is 3.42. The SMILES string of the molecule is CCCn1c(=O)oc2cc(S(=O)(=O)N3CCC(CC(=O)NCc4ccccc4C)CC3)ccc21. The van der Waals surface area contributed by atoms with Gasteiger partial charge in [-0.2, -0.15) is 4.31 Å². The van der Waals surface area contributed by atoms with E-state index in [0.717, 1.165) is 17.5 Å². The Morgan fingerprint density at radius 1 is 1.15 bits per heavy atom. The van der Waals surface area contributed by atoms with Crippen molar-refractivity contribution < 1.29 is 17.6 Å². The Morgan fingerprint density at radius 2 is 1.88 bits per heavy atom. The Balaban J connectivity index is 1.35. The number of carbonyl (C=O) groups is 1. The van der Waals surface area contributed by atoms with E-state index in [4.69, 9.17) is 4.42 Å². The van der Waals surface area contributed by atoms with Gasteiger partial charge in [0.1, 0.15) is 0 Å². The first-order valence-corrected chi connectivity index (χ1v) is 13.2. The molecule has 1 aliphatic heterocycles. The summed E-state index contributed by atoms with van der Waals surface area (Å²) in [6, 6.07) is 12.5. The molecule has 0 unspecified atom stereocenters. The number of carbonyl (C=O) groups excluding carboxylic acids is 1. The van der Waals surface area contributed by atoms with E-state index in [1.807, 2.05) is 38.1 Å². The third kappa shape index (κ3) is 5.10. The van der Waals surface area contributed by atoms with Crippen molar-refractivity contribution in [3.05, 3.63) is 64.1 Å². The molecule has 0 spiro atoms. The fourth-order valence-electron chi connectivity index (χ4n) is 4.48. The zero-order chi connectivity index (χ0) is 24.3. The van der Waals surface area contributed by atoms with Gasteiger partial charge in [-0.3, -0.25) is 9.36 Å². The molecule has 8 nitrogen and oxygen atoms in total. The molecule has 1 aliphatic rings. The van der Waals surface area contributed by atoms with Crippen LogP contribution in [0.2, 0.25) is 0 Å². The summed E-state index contributed by atoms with van der Waals surface area (Å²) in [5, 5.41) is 2.98. The molecule has 0 aliphatic carbocycles. The van der Waals surface area contributed by atoms with Crippen molar-refractivity contribution in [1.29, 1.82) is 0 Å². The Morgan fingerprint density at radius 3 is 2.59 bits per heavy atom. The van der Waals surface area contributed by atoms with Crippen LogP contribution in [0.4, 0.5) is 0 Å². The van der Waals surface area contributed by atoms with Gasteiger partial charge in [0.15, 0.2) is 5.58 Å². The average molecular weight is 486 g/mol. The van der Waals surface area contributed by atoms with E-state index in [2.05, 4.69) is 5.32 Å². The molecular weight excluding hydrogens is 454 g/mol. The normalized spacial score (nSPS) is 15.6. The third-order valence-electron chi connectivity index (χ3n) is 6.51. The number of benzene rings is 2. The first-order chi connectivity index (χ1) is 16.3. The van der Waals surface area contributed by atoms with Gasteiger partial charge >= 0.3 is 5.76 Å². The second-order valence-electron chi connectivity index (χ2n) is 8.90. The molecule has 1 fully saturated rings. The van der Waals surface area contributed by atoms with Gasteiger partial charge in [0, 0.05) is 38.7 Å². The minimum atomic E-state index is -3.71. The Bertz CT molecular complexity index is 1330. The van der Waals surface area contributed by atoms with E-state index in [1.54, 1.807) is 6.07 Å². The second kappa shape index (κ2) is 10.1. The number of aryl methyl sites for hydroxylation is 2. The summed E-state index contributed by atoms with van der Waals surface area (Å²) in [4.78, 5) is 24.6. The third-order valence-corrected chi connectivity index (χ3v) is 8.40. The maximum absolute atomic E-state index is 13.2. The van der Waals surface area contributed by atoms with Crippen LogP contribution in [0.1, 0.15) is 43.7 Å². The lowest BCUT2D eigenvalue weighted by Gasteiger charge is -2.31. The van der Waals surface area contributed by atoms with Gasteiger partial charge in [-0.25, -0.2) is 13.2 Å². The minimum Gasteiger partial charge on any atom is -0.408 e. The Labute approximate surface area is 199 Å². The maximum atomic E-state index is 13.2. The minimum absolute atomic E-state index is 0.0124. The number of sulfonamides is 1. The van der Waals surface area contributed by atoms with Crippen LogP contribution >= 0.6 is 0 Å². The molecule has 0 saturated carbocycles. The zero-order valence-electron chi connectivity index (χ0n) is 19.6. The molecule has 0 radical (unpaired) electrons. The first kappa shape index (κ1) is 24.2. The number of nitrogens with one attached hydrogen (secondary N) is 1. The summed E-state index contributed by atoms with van der Waals surface area (Å²) in [5.74, 6) is -0.346. The molecule has 1 aromatic heterocycles. The number of amides is 1. The Kier molecular flexibility index (Phi) is 7.23. The molecule has 182 valence electrons. The molecule has 1 amide bonds. The number of oxazole rings is 1. The average Bonchev–Trinajstić information content (AvgIpc) is 3.13. The molecule has 9 heteroatoms. The quantitative estimate of drug-likeness (QED) is 0.527. The van der Waals surface area contributed by atoms with Crippen molar-refractivity contribution in [2.75, 3.05) is 13.1 Å².